The average molecular weight is 253 g/mol. The van der Waals surface area contributed by atoms with Crippen molar-refractivity contribution in [1.29, 1.82) is 0 Å². The molecule has 104 valence electrons. The van der Waals surface area contributed by atoms with Crippen LogP contribution in [0.15, 0.2) is 0 Å². The minimum atomic E-state index is 0.255. The molecule has 0 aromatic rings. The van der Waals surface area contributed by atoms with E-state index in [1.54, 1.807) is 0 Å². The molecule has 18 heavy (non-hydrogen) atoms. The SMILES string of the molecule is CN1CCC(C(=O)NCCC2CCCNC2)CC1. The van der Waals surface area contributed by atoms with Crippen molar-refractivity contribution in [3.05, 3.63) is 0 Å². The van der Waals surface area contributed by atoms with Crippen molar-refractivity contribution in [2.75, 3.05) is 39.8 Å². The van der Waals surface area contributed by atoms with Crippen molar-refractivity contribution in [2.45, 2.75) is 32.1 Å². The summed E-state index contributed by atoms with van der Waals surface area (Å²) in [7, 11) is 2.13. The monoisotopic (exact) mass is 253 g/mol. The Kier molecular flexibility index (Phi) is 5.45. The van der Waals surface area contributed by atoms with Gasteiger partial charge in [0.2, 0.25) is 5.91 Å². The summed E-state index contributed by atoms with van der Waals surface area (Å²) in [5, 5.41) is 6.55. The molecule has 2 saturated heterocycles. The van der Waals surface area contributed by atoms with Crippen molar-refractivity contribution in [1.82, 2.24) is 15.5 Å². The predicted molar refractivity (Wildman–Crippen MR) is 73.4 cm³/mol. The summed E-state index contributed by atoms with van der Waals surface area (Å²) in [6.07, 6.45) is 5.77. The van der Waals surface area contributed by atoms with E-state index in [1.165, 1.54) is 19.4 Å². The zero-order valence-corrected chi connectivity index (χ0v) is 11.6. The number of nitrogens with zero attached hydrogens (tertiary/aromatic N) is 1. The van der Waals surface area contributed by atoms with Gasteiger partial charge in [0.15, 0.2) is 0 Å². The van der Waals surface area contributed by atoms with Crippen LogP contribution in [-0.4, -0.2) is 50.6 Å². The first-order valence-electron chi connectivity index (χ1n) is 7.42. The molecule has 1 unspecified atom stereocenters. The molecular weight excluding hydrogens is 226 g/mol. The zero-order chi connectivity index (χ0) is 12.8. The van der Waals surface area contributed by atoms with Gasteiger partial charge in [-0.25, -0.2) is 0 Å². The molecule has 0 saturated carbocycles. The maximum absolute atomic E-state index is 12.0. The molecule has 2 N–H and O–H groups in total. The summed E-state index contributed by atoms with van der Waals surface area (Å²) in [6.45, 7) is 5.27. The van der Waals surface area contributed by atoms with Crippen LogP contribution in [0.25, 0.3) is 0 Å². The van der Waals surface area contributed by atoms with Crippen LogP contribution in [0.4, 0.5) is 0 Å². The first kappa shape index (κ1) is 13.8. The molecule has 4 heteroatoms. The Balaban J connectivity index is 1.59. The second-order valence-electron chi connectivity index (χ2n) is 5.87. The number of carbonyl (C=O) groups is 1. The highest BCUT2D eigenvalue weighted by atomic mass is 16.1. The number of likely N-dealkylation sites (tertiary alicyclic amines) is 1. The molecule has 2 rings (SSSR count). The molecular formula is C14H27N3O. The van der Waals surface area contributed by atoms with E-state index in [1.807, 2.05) is 0 Å². The Morgan fingerprint density at radius 1 is 1.33 bits per heavy atom. The molecule has 0 aromatic heterocycles. The molecule has 2 heterocycles. The summed E-state index contributed by atoms with van der Waals surface area (Å²) in [4.78, 5) is 14.3. The van der Waals surface area contributed by atoms with Gasteiger partial charge in [-0.1, -0.05) is 0 Å². The fourth-order valence-electron chi connectivity index (χ4n) is 2.98. The third kappa shape index (κ3) is 4.25. The van der Waals surface area contributed by atoms with Gasteiger partial charge >= 0.3 is 0 Å². The summed E-state index contributed by atoms with van der Waals surface area (Å²) in [5.74, 6) is 1.30. The van der Waals surface area contributed by atoms with Gasteiger partial charge in [-0.3, -0.25) is 4.79 Å². The fraction of sp³-hybridized carbons (Fsp3) is 0.929. The van der Waals surface area contributed by atoms with Gasteiger partial charge in [0.1, 0.15) is 0 Å². The van der Waals surface area contributed by atoms with Crippen LogP contribution in [0.3, 0.4) is 0 Å². The van der Waals surface area contributed by atoms with Gasteiger partial charge in [-0.2, -0.15) is 0 Å². The van der Waals surface area contributed by atoms with Crippen LogP contribution in [-0.2, 0) is 4.79 Å². The van der Waals surface area contributed by atoms with E-state index >= 15 is 0 Å². The van der Waals surface area contributed by atoms with Crippen LogP contribution in [0.1, 0.15) is 32.1 Å². The van der Waals surface area contributed by atoms with Crippen molar-refractivity contribution >= 4 is 5.91 Å². The molecule has 0 aliphatic carbocycles. The maximum Gasteiger partial charge on any atom is 0.223 e. The van der Waals surface area contributed by atoms with E-state index in [-0.39, 0.29) is 11.8 Å². The van der Waals surface area contributed by atoms with Crippen LogP contribution in [0.5, 0.6) is 0 Å². The smallest absolute Gasteiger partial charge is 0.223 e. The minimum absolute atomic E-state index is 0.255. The van der Waals surface area contributed by atoms with Crippen molar-refractivity contribution < 1.29 is 4.79 Å². The van der Waals surface area contributed by atoms with Gasteiger partial charge in [0, 0.05) is 12.5 Å². The highest BCUT2D eigenvalue weighted by Crippen LogP contribution is 2.16. The second kappa shape index (κ2) is 7.10. The fourth-order valence-corrected chi connectivity index (χ4v) is 2.98. The van der Waals surface area contributed by atoms with Crippen LogP contribution in [0.2, 0.25) is 0 Å². The summed E-state index contributed by atoms with van der Waals surface area (Å²) >= 11 is 0. The van der Waals surface area contributed by atoms with E-state index in [0.717, 1.165) is 51.4 Å². The second-order valence-corrected chi connectivity index (χ2v) is 5.87. The van der Waals surface area contributed by atoms with E-state index in [4.69, 9.17) is 0 Å². The maximum atomic E-state index is 12.0. The predicted octanol–water partition coefficient (Wildman–Crippen LogP) is 0.834. The first-order valence-corrected chi connectivity index (χ1v) is 7.42. The Morgan fingerprint density at radius 3 is 2.78 bits per heavy atom. The van der Waals surface area contributed by atoms with E-state index < -0.39 is 0 Å². The Labute approximate surface area is 110 Å². The molecule has 2 aliphatic heterocycles. The lowest BCUT2D eigenvalue weighted by Gasteiger charge is -2.28. The summed E-state index contributed by atoms with van der Waals surface area (Å²) in [6, 6.07) is 0. The Morgan fingerprint density at radius 2 is 2.11 bits per heavy atom. The lowest BCUT2D eigenvalue weighted by Crippen LogP contribution is -2.40. The topological polar surface area (TPSA) is 44.4 Å². The van der Waals surface area contributed by atoms with Crippen molar-refractivity contribution in [3.8, 4) is 0 Å². The first-order chi connectivity index (χ1) is 8.75. The van der Waals surface area contributed by atoms with Gasteiger partial charge in [0.05, 0.1) is 0 Å². The van der Waals surface area contributed by atoms with Crippen molar-refractivity contribution in [2.24, 2.45) is 11.8 Å². The van der Waals surface area contributed by atoms with Gasteiger partial charge < -0.3 is 15.5 Å². The van der Waals surface area contributed by atoms with E-state index in [2.05, 4.69) is 22.6 Å². The average Bonchev–Trinajstić information content (AvgIpc) is 2.40. The van der Waals surface area contributed by atoms with E-state index in [0.29, 0.717) is 0 Å². The highest BCUT2D eigenvalue weighted by molar-refractivity contribution is 5.78. The number of rotatable bonds is 4. The van der Waals surface area contributed by atoms with E-state index in [9.17, 15) is 4.79 Å². The molecule has 2 fully saturated rings. The summed E-state index contributed by atoms with van der Waals surface area (Å²) < 4.78 is 0. The van der Waals surface area contributed by atoms with Gasteiger partial charge in [0.25, 0.3) is 0 Å². The van der Waals surface area contributed by atoms with Gasteiger partial charge in [-0.05, 0) is 71.2 Å². The standard InChI is InChI=1S/C14H27N3O/c1-17-9-5-13(6-10-17)14(18)16-8-4-12-3-2-7-15-11-12/h12-13,15H,2-11H2,1H3,(H,16,18). The largest absolute Gasteiger partial charge is 0.356 e. The molecule has 1 amide bonds. The minimum Gasteiger partial charge on any atom is -0.356 e. The van der Waals surface area contributed by atoms with Crippen LogP contribution < -0.4 is 10.6 Å². The van der Waals surface area contributed by atoms with Gasteiger partial charge in [-0.15, -0.1) is 0 Å². The third-order valence-electron chi connectivity index (χ3n) is 4.34. The molecule has 4 nitrogen and oxygen atoms in total. The highest BCUT2D eigenvalue weighted by Gasteiger charge is 2.23. The Hall–Kier alpha value is -0.610. The lowest BCUT2D eigenvalue weighted by molar-refractivity contribution is -0.126. The molecule has 0 radical (unpaired) electrons. The molecule has 0 bridgehead atoms. The quantitative estimate of drug-likeness (QED) is 0.780. The number of carbonyl (C=O) groups excluding carboxylic acids is 1. The normalized spacial score (nSPS) is 27.1. The Bertz CT molecular complexity index is 256. The van der Waals surface area contributed by atoms with Crippen molar-refractivity contribution in [3.63, 3.8) is 0 Å². The molecule has 0 spiro atoms. The lowest BCUT2D eigenvalue weighted by atomic mass is 9.95. The summed E-state index contributed by atoms with van der Waals surface area (Å²) in [5.41, 5.74) is 0. The number of hydrogen-bond donors (Lipinski definition) is 2. The molecule has 0 aromatic carbocycles. The number of nitrogens with one attached hydrogen (secondary N) is 2. The van der Waals surface area contributed by atoms with Crippen LogP contribution in [0, 0.1) is 11.8 Å². The van der Waals surface area contributed by atoms with Crippen LogP contribution >= 0.6 is 0 Å². The molecule has 2 aliphatic rings. The number of piperidine rings is 2. The zero-order valence-electron chi connectivity index (χ0n) is 11.6. The third-order valence-corrected chi connectivity index (χ3v) is 4.34. The molecule has 1 atom stereocenters. The number of hydrogen-bond acceptors (Lipinski definition) is 3. The number of amides is 1.